The van der Waals surface area contributed by atoms with Gasteiger partial charge in [0.2, 0.25) is 0 Å². The van der Waals surface area contributed by atoms with E-state index < -0.39 is 0 Å². The van der Waals surface area contributed by atoms with Gasteiger partial charge in [0, 0.05) is 9.37 Å². The highest BCUT2D eigenvalue weighted by atomic mass is 79.9. The van der Waals surface area contributed by atoms with Gasteiger partial charge in [0.05, 0.1) is 6.21 Å². The van der Waals surface area contributed by atoms with E-state index in [1.807, 2.05) is 48.5 Å². The fourth-order valence-corrected chi connectivity index (χ4v) is 3.01. The molecule has 3 rings (SSSR count). The van der Waals surface area contributed by atoms with E-state index in [9.17, 15) is 4.79 Å². The van der Waals surface area contributed by atoms with Crippen molar-refractivity contribution in [2.24, 2.45) is 5.10 Å². The minimum absolute atomic E-state index is 0.119. The van der Waals surface area contributed by atoms with E-state index in [2.05, 4.69) is 26.5 Å². The molecule has 0 radical (unpaired) electrons. The van der Waals surface area contributed by atoms with Crippen LogP contribution in [0.3, 0.4) is 0 Å². The molecule has 0 aliphatic rings. The fourth-order valence-electron chi connectivity index (χ4n) is 1.94. The number of halogens is 1. The van der Waals surface area contributed by atoms with Gasteiger partial charge in [-0.1, -0.05) is 45.9 Å². The fraction of sp³-hybridized carbons (Fsp3) is 0.0526. The molecule has 0 spiro atoms. The first kappa shape index (κ1) is 18.3. The van der Waals surface area contributed by atoms with Crippen molar-refractivity contribution in [2.75, 3.05) is 6.61 Å². The highest BCUT2D eigenvalue weighted by molar-refractivity contribution is 9.10. The molecular formula is C19H15BrN2O3S. The van der Waals surface area contributed by atoms with Crippen molar-refractivity contribution >= 4 is 39.8 Å². The number of carbonyl (C=O) groups excluding carboxylic acids is 1. The van der Waals surface area contributed by atoms with Crippen molar-refractivity contribution in [3.8, 4) is 5.75 Å². The lowest BCUT2D eigenvalue weighted by Gasteiger charge is -2.04. The average molecular weight is 431 g/mol. The SMILES string of the molecule is O=C(COc1ccc(Br)cc1)N/N=C\c1ccc(Sc2ccccc2)o1. The maximum Gasteiger partial charge on any atom is 0.277 e. The summed E-state index contributed by atoms with van der Waals surface area (Å²) in [6.07, 6.45) is 1.45. The molecule has 7 heteroatoms. The largest absolute Gasteiger partial charge is 0.484 e. The monoisotopic (exact) mass is 430 g/mol. The highest BCUT2D eigenvalue weighted by Crippen LogP contribution is 2.28. The number of hydrogen-bond donors (Lipinski definition) is 1. The number of hydrogen-bond acceptors (Lipinski definition) is 5. The Balaban J connectivity index is 1.44. The standard InChI is InChI=1S/C19H15BrN2O3S/c20-14-6-8-15(9-7-14)24-13-18(23)22-21-12-16-10-11-19(25-16)26-17-4-2-1-3-5-17/h1-12H,13H2,(H,22,23)/b21-12-. The third-order valence-electron chi connectivity index (χ3n) is 3.13. The molecule has 0 saturated heterocycles. The first-order chi connectivity index (χ1) is 12.7. The maximum absolute atomic E-state index is 11.7. The lowest BCUT2D eigenvalue weighted by Crippen LogP contribution is -2.24. The number of ether oxygens (including phenoxy) is 1. The lowest BCUT2D eigenvalue weighted by atomic mass is 10.3. The van der Waals surface area contributed by atoms with Crippen LogP contribution in [0.5, 0.6) is 5.75 Å². The van der Waals surface area contributed by atoms with E-state index in [-0.39, 0.29) is 12.5 Å². The number of hydrazone groups is 1. The predicted molar refractivity (Wildman–Crippen MR) is 105 cm³/mol. The Morgan fingerprint density at radius 1 is 1.12 bits per heavy atom. The topological polar surface area (TPSA) is 63.8 Å². The van der Waals surface area contributed by atoms with Crippen molar-refractivity contribution in [3.05, 3.63) is 77.0 Å². The summed E-state index contributed by atoms with van der Waals surface area (Å²) in [5, 5.41) is 4.63. The quantitative estimate of drug-likeness (QED) is 0.434. The predicted octanol–water partition coefficient (Wildman–Crippen LogP) is 4.72. The van der Waals surface area contributed by atoms with Crippen molar-refractivity contribution in [1.82, 2.24) is 5.43 Å². The normalized spacial score (nSPS) is 10.8. The summed E-state index contributed by atoms with van der Waals surface area (Å²) in [6.45, 7) is -0.119. The third-order valence-corrected chi connectivity index (χ3v) is 4.59. The van der Waals surface area contributed by atoms with Gasteiger partial charge in [-0.2, -0.15) is 5.10 Å². The lowest BCUT2D eigenvalue weighted by molar-refractivity contribution is -0.123. The molecule has 0 unspecified atom stereocenters. The van der Waals surface area contributed by atoms with Crippen molar-refractivity contribution in [1.29, 1.82) is 0 Å². The third kappa shape index (κ3) is 5.79. The van der Waals surface area contributed by atoms with E-state index in [1.165, 1.54) is 18.0 Å². The van der Waals surface area contributed by atoms with Crippen LogP contribution >= 0.6 is 27.7 Å². The zero-order valence-corrected chi connectivity index (χ0v) is 16.0. The number of nitrogens with zero attached hydrogens (tertiary/aromatic N) is 1. The molecule has 1 heterocycles. The summed E-state index contributed by atoms with van der Waals surface area (Å²) < 4.78 is 11.9. The van der Waals surface area contributed by atoms with Gasteiger partial charge in [0.15, 0.2) is 11.7 Å². The van der Waals surface area contributed by atoms with Gasteiger partial charge in [-0.05, 0) is 48.5 Å². The van der Waals surface area contributed by atoms with E-state index >= 15 is 0 Å². The van der Waals surface area contributed by atoms with Gasteiger partial charge in [-0.3, -0.25) is 4.79 Å². The zero-order chi connectivity index (χ0) is 18.2. The van der Waals surface area contributed by atoms with Gasteiger partial charge in [-0.25, -0.2) is 5.43 Å². The van der Waals surface area contributed by atoms with Crippen LogP contribution < -0.4 is 10.2 Å². The number of nitrogens with one attached hydrogen (secondary N) is 1. The minimum Gasteiger partial charge on any atom is -0.484 e. The molecule has 0 fully saturated rings. The van der Waals surface area contributed by atoms with Crippen molar-refractivity contribution < 1.29 is 13.9 Å². The van der Waals surface area contributed by atoms with Crippen LogP contribution in [-0.4, -0.2) is 18.7 Å². The van der Waals surface area contributed by atoms with Crippen LogP contribution in [0.4, 0.5) is 0 Å². The highest BCUT2D eigenvalue weighted by Gasteiger charge is 2.04. The molecule has 5 nitrogen and oxygen atoms in total. The summed E-state index contributed by atoms with van der Waals surface area (Å²) in [4.78, 5) is 12.8. The first-order valence-corrected chi connectivity index (χ1v) is 9.33. The zero-order valence-electron chi connectivity index (χ0n) is 13.6. The van der Waals surface area contributed by atoms with Crippen LogP contribution in [0.15, 0.2) is 90.7 Å². The average Bonchev–Trinajstić information content (AvgIpc) is 3.09. The summed E-state index contributed by atoms with van der Waals surface area (Å²) >= 11 is 4.85. The molecule has 1 N–H and O–H groups in total. The Kier molecular flexibility index (Phi) is 6.51. The molecule has 132 valence electrons. The number of furan rings is 1. The smallest absolute Gasteiger partial charge is 0.277 e. The second kappa shape index (κ2) is 9.26. The molecule has 0 saturated carbocycles. The molecular weight excluding hydrogens is 416 g/mol. The number of amides is 1. The van der Waals surface area contributed by atoms with Gasteiger partial charge >= 0.3 is 0 Å². The van der Waals surface area contributed by atoms with Gasteiger partial charge < -0.3 is 9.15 Å². The van der Waals surface area contributed by atoms with E-state index in [4.69, 9.17) is 9.15 Å². The summed E-state index contributed by atoms with van der Waals surface area (Å²) in [6, 6.07) is 20.8. The number of benzene rings is 2. The van der Waals surface area contributed by atoms with Crippen LogP contribution in [0, 0.1) is 0 Å². The molecule has 1 amide bonds. The Labute approximate surface area is 163 Å². The summed E-state index contributed by atoms with van der Waals surface area (Å²) in [7, 11) is 0. The Hall–Kier alpha value is -2.51. The van der Waals surface area contributed by atoms with Gasteiger partial charge in [0.25, 0.3) is 5.91 Å². The molecule has 2 aromatic carbocycles. The molecule has 0 aliphatic carbocycles. The maximum atomic E-state index is 11.7. The van der Waals surface area contributed by atoms with Crippen LogP contribution in [0.1, 0.15) is 5.76 Å². The Morgan fingerprint density at radius 3 is 2.65 bits per heavy atom. The van der Waals surface area contributed by atoms with Crippen LogP contribution in [-0.2, 0) is 4.79 Å². The Bertz CT molecular complexity index is 879. The van der Waals surface area contributed by atoms with Crippen molar-refractivity contribution in [2.45, 2.75) is 9.99 Å². The second-order valence-electron chi connectivity index (χ2n) is 5.11. The molecule has 0 aliphatic heterocycles. The number of rotatable bonds is 7. The minimum atomic E-state index is -0.352. The van der Waals surface area contributed by atoms with E-state index in [1.54, 1.807) is 18.2 Å². The van der Waals surface area contributed by atoms with Crippen LogP contribution in [0.25, 0.3) is 0 Å². The van der Waals surface area contributed by atoms with Gasteiger partial charge in [0.1, 0.15) is 11.5 Å². The Morgan fingerprint density at radius 2 is 1.88 bits per heavy atom. The first-order valence-electron chi connectivity index (χ1n) is 7.72. The second-order valence-corrected chi connectivity index (χ2v) is 7.10. The number of carbonyl (C=O) groups is 1. The molecule has 0 atom stereocenters. The summed E-state index contributed by atoms with van der Waals surface area (Å²) in [5.74, 6) is 0.813. The van der Waals surface area contributed by atoms with E-state index in [0.29, 0.717) is 11.5 Å². The summed E-state index contributed by atoms with van der Waals surface area (Å²) in [5.41, 5.74) is 2.40. The van der Waals surface area contributed by atoms with Gasteiger partial charge in [-0.15, -0.1) is 0 Å². The molecule has 26 heavy (non-hydrogen) atoms. The van der Waals surface area contributed by atoms with E-state index in [0.717, 1.165) is 14.5 Å². The molecule has 3 aromatic rings. The molecule has 1 aromatic heterocycles. The van der Waals surface area contributed by atoms with Crippen LogP contribution in [0.2, 0.25) is 0 Å². The molecule has 0 bridgehead atoms. The van der Waals surface area contributed by atoms with Crippen molar-refractivity contribution in [3.63, 3.8) is 0 Å².